The van der Waals surface area contributed by atoms with Gasteiger partial charge in [-0.15, -0.1) is 0 Å². The minimum absolute atomic E-state index is 0.0530. The molecule has 6 rings (SSSR count). The normalized spacial score (nSPS) is 26.2. The maximum atomic E-state index is 13.6. The van der Waals surface area contributed by atoms with E-state index < -0.39 is 0 Å². The van der Waals surface area contributed by atoms with Gasteiger partial charge in [-0.2, -0.15) is 0 Å². The van der Waals surface area contributed by atoms with E-state index in [0.29, 0.717) is 11.7 Å². The molecule has 154 valence electrons. The lowest BCUT2D eigenvalue weighted by Crippen LogP contribution is -2.41. The molecular weight excluding hydrogens is 372 g/mol. The van der Waals surface area contributed by atoms with Crippen LogP contribution in [-0.2, 0) is 5.41 Å². The largest absolute Gasteiger partial charge is 0.351 e. The van der Waals surface area contributed by atoms with Gasteiger partial charge in [-0.1, -0.05) is 29.8 Å². The summed E-state index contributed by atoms with van der Waals surface area (Å²) in [6, 6.07) is 17.5. The van der Waals surface area contributed by atoms with Gasteiger partial charge in [0.15, 0.2) is 0 Å². The molecule has 3 aliphatic heterocycles. The minimum atomic E-state index is 0.0530. The van der Waals surface area contributed by atoms with Crippen molar-refractivity contribution in [2.75, 3.05) is 37.6 Å². The number of nitrogens with zero attached hydrogens (tertiary/aromatic N) is 2. The van der Waals surface area contributed by atoms with Gasteiger partial charge in [-0.05, 0) is 62.7 Å². The fourth-order valence-corrected chi connectivity index (χ4v) is 5.84. The Hall–Kier alpha value is -2.63. The first-order chi connectivity index (χ1) is 14.6. The van der Waals surface area contributed by atoms with Crippen LogP contribution in [0.2, 0.25) is 0 Å². The molecule has 3 aromatic rings. The number of H-pyrrole nitrogens is 1. The molecular formula is C25H28N4O. The number of aromatic nitrogens is 1. The molecule has 2 fully saturated rings. The molecule has 4 heterocycles. The van der Waals surface area contributed by atoms with Crippen molar-refractivity contribution < 1.29 is 4.79 Å². The molecule has 2 saturated heterocycles. The summed E-state index contributed by atoms with van der Waals surface area (Å²) in [5.41, 5.74) is 5.39. The van der Waals surface area contributed by atoms with Crippen LogP contribution in [0.15, 0.2) is 48.5 Å². The quantitative estimate of drug-likeness (QED) is 0.693. The van der Waals surface area contributed by atoms with Crippen LogP contribution >= 0.6 is 0 Å². The number of aromatic amines is 1. The van der Waals surface area contributed by atoms with E-state index in [1.54, 1.807) is 0 Å². The molecule has 2 atom stereocenters. The Morgan fingerprint density at radius 2 is 2.03 bits per heavy atom. The van der Waals surface area contributed by atoms with Crippen LogP contribution in [0, 0.1) is 6.92 Å². The third-order valence-corrected chi connectivity index (χ3v) is 7.41. The number of amides is 1. The molecule has 2 N–H and O–H groups in total. The number of rotatable bonds is 2. The summed E-state index contributed by atoms with van der Waals surface area (Å²) in [5.74, 6) is 0.0779. The summed E-state index contributed by atoms with van der Waals surface area (Å²) in [7, 11) is 0. The Kier molecular flexibility index (Phi) is 4.05. The first-order valence-electron chi connectivity index (χ1n) is 11.1. The van der Waals surface area contributed by atoms with Gasteiger partial charge in [-0.25, -0.2) is 0 Å². The zero-order valence-corrected chi connectivity index (χ0v) is 17.4. The third kappa shape index (κ3) is 2.72. The number of para-hydroxylation sites is 1. The van der Waals surface area contributed by atoms with Crippen LogP contribution in [0.25, 0.3) is 10.9 Å². The van der Waals surface area contributed by atoms with Gasteiger partial charge in [0.25, 0.3) is 5.91 Å². The Labute approximate surface area is 177 Å². The van der Waals surface area contributed by atoms with Crippen molar-refractivity contribution >= 4 is 22.5 Å². The Bertz CT molecular complexity index is 1130. The molecule has 3 aliphatic rings. The van der Waals surface area contributed by atoms with E-state index in [1.165, 1.54) is 17.5 Å². The lowest BCUT2D eigenvalue weighted by Gasteiger charge is -2.28. The van der Waals surface area contributed by atoms with E-state index >= 15 is 0 Å². The van der Waals surface area contributed by atoms with Crippen molar-refractivity contribution in [2.45, 2.75) is 31.2 Å². The highest BCUT2D eigenvalue weighted by Crippen LogP contribution is 2.47. The monoisotopic (exact) mass is 400 g/mol. The van der Waals surface area contributed by atoms with Crippen LogP contribution in [-0.4, -0.2) is 54.6 Å². The molecule has 1 amide bonds. The smallest absolute Gasteiger partial charge is 0.274 e. The predicted octanol–water partition coefficient (Wildman–Crippen LogP) is 3.44. The minimum Gasteiger partial charge on any atom is -0.351 e. The van der Waals surface area contributed by atoms with Gasteiger partial charge < -0.3 is 15.2 Å². The number of carbonyl (C=O) groups is 1. The van der Waals surface area contributed by atoms with Gasteiger partial charge >= 0.3 is 0 Å². The van der Waals surface area contributed by atoms with Crippen molar-refractivity contribution in [3.8, 4) is 0 Å². The van der Waals surface area contributed by atoms with Crippen LogP contribution in [0.5, 0.6) is 0 Å². The summed E-state index contributed by atoms with van der Waals surface area (Å²) in [6.07, 6.45) is 2.35. The highest BCUT2D eigenvalue weighted by atomic mass is 16.2. The van der Waals surface area contributed by atoms with Crippen molar-refractivity contribution in [3.63, 3.8) is 0 Å². The zero-order valence-electron chi connectivity index (χ0n) is 17.4. The topological polar surface area (TPSA) is 51.4 Å². The predicted molar refractivity (Wildman–Crippen MR) is 120 cm³/mol. The molecule has 30 heavy (non-hydrogen) atoms. The molecule has 0 saturated carbocycles. The fourth-order valence-electron chi connectivity index (χ4n) is 5.84. The van der Waals surface area contributed by atoms with Crippen LogP contribution in [0.4, 0.5) is 5.69 Å². The summed E-state index contributed by atoms with van der Waals surface area (Å²) >= 11 is 0. The molecule has 1 aromatic heterocycles. The number of hydrogen-bond donors (Lipinski definition) is 2. The average molecular weight is 401 g/mol. The third-order valence-electron chi connectivity index (χ3n) is 7.41. The molecule has 0 radical (unpaired) electrons. The van der Waals surface area contributed by atoms with E-state index in [1.807, 2.05) is 11.0 Å². The highest BCUT2D eigenvalue weighted by Gasteiger charge is 2.50. The van der Waals surface area contributed by atoms with E-state index in [0.717, 1.165) is 55.7 Å². The number of likely N-dealkylation sites (tertiary alicyclic amines) is 1. The maximum Gasteiger partial charge on any atom is 0.274 e. The summed E-state index contributed by atoms with van der Waals surface area (Å²) in [6.45, 7) is 7.24. The van der Waals surface area contributed by atoms with Gasteiger partial charge in [0, 0.05) is 47.7 Å². The SMILES string of the molecule is Cc1ccc2[nH]c(C(=O)N3C[C@@]4(CCN(C5CCNC5)C4)c4ccccc43)cc2c1. The van der Waals surface area contributed by atoms with Gasteiger partial charge in [-0.3, -0.25) is 9.69 Å². The van der Waals surface area contributed by atoms with E-state index in [-0.39, 0.29) is 11.3 Å². The number of anilines is 1. The maximum absolute atomic E-state index is 13.6. The number of carbonyl (C=O) groups excluding carboxylic acids is 1. The molecule has 5 heteroatoms. The summed E-state index contributed by atoms with van der Waals surface area (Å²) < 4.78 is 0. The van der Waals surface area contributed by atoms with Crippen LogP contribution in [0.1, 0.15) is 34.5 Å². The van der Waals surface area contributed by atoms with Gasteiger partial charge in [0.05, 0.1) is 0 Å². The molecule has 2 aromatic carbocycles. The lowest BCUT2D eigenvalue weighted by atomic mass is 9.81. The lowest BCUT2D eigenvalue weighted by molar-refractivity contribution is 0.0980. The number of nitrogens with one attached hydrogen (secondary N) is 2. The molecule has 0 bridgehead atoms. The Morgan fingerprint density at radius 3 is 2.90 bits per heavy atom. The van der Waals surface area contributed by atoms with Crippen LogP contribution < -0.4 is 10.2 Å². The van der Waals surface area contributed by atoms with E-state index in [4.69, 9.17) is 0 Å². The van der Waals surface area contributed by atoms with Crippen molar-refractivity contribution in [2.24, 2.45) is 0 Å². The van der Waals surface area contributed by atoms with Crippen molar-refractivity contribution in [1.29, 1.82) is 0 Å². The summed E-state index contributed by atoms with van der Waals surface area (Å²) in [4.78, 5) is 21.6. The fraction of sp³-hybridized carbons (Fsp3) is 0.400. The van der Waals surface area contributed by atoms with Gasteiger partial charge in [0.2, 0.25) is 0 Å². The van der Waals surface area contributed by atoms with Gasteiger partial charge in [0.1, 0.15) is 5.69 Å². The molecule has 1 spiro atoms. The van der Waals surface area contributed by atoms with E-state index in [2.05, 4.69) is 64.6 Å². The Morgan fingerprint density at radius 1 is 1.13 bits per heavy atom. The average Bonchev–Trinajstić information content (AvgIpc) is 3.54. The number of aryl methyl sites for hydroxylation is 1. The van der Waals surface area contributed by atoms with Crippen molar-refractivity contribution in [3.05, 3.63) is 65.4 Å². The van der Waals surface area contributed by atoms with Crippen molar-refractivity contribution in [1.82, 2.24) is 15.2 Å². The summed E-state index contributed by atoms with van der Waals surface area (Å²) in [5, 5.41) is 4.60. The van der Waals surface area contributed by atoms with Crippen LogP contribution in [0.3, 0.4) is 0 Å². The second kappa shape index (κ2) is 6.69. The zero-order chi connectivity index (χ0) is 20.3. The first kappa shape index (κ1) is 18.2. The second-order valence-electron chi connectivity index (χ2n) is 9.33. The number of hydrogen-bond acceptors (Lipinski definition) is 3. The Balaban J connectivity index is 1.34. The number of benzene rings is 2. The highest BCUT2D eigenvalue weighted by molar-refractivity contribution is 6.09. The standard InChI is InChI=1S/C25H28N4O/c1-17-6-7-21-18(12-17)13-22(27-21)24(30)29-16-25(20-4-2-3-5-23(20)29)9-11-28(15-25)19-8-10-26-14-19/h2-7,12-13,19,26-27H,8-11,14-16H2,1H3/t19?,25-/m0/s1. The first-order valence-corrected chi connectivity index (χ1v) is 11.1. The molecule has 0 aliphatic carbocycles. The second-order valence-corrected chi connectivity index (χ2v) is 9.33. The number of fused-ring (bicyclic) bond motifs is 3. The molecule has 1 unspecified atom stereocenters. The van der Waals surface area contributed by atoms with E-state index in [9.17, 15) is 4.79 Å². The molecule has 5 nitrogen and oxygen atoms in total.